The Morgan fingerprint density at radius 3 is 1.99 bits per heavy atom. The van der Waals surface area contributed by atoms with Crippen LogP contribution < -0.4 is 16.4 Å². The number of aliphatic hydroxyl groups excluding tert-OH is 6. The summed E-state index contributed by atoms with van der Waals surface area (Å²) in [6.07, 6.45) is -2.70. The lowest BCUT2D eigenvalue weighted by molar-refractivity contribution is -0.131. The lowest BCUT2D eigenvalue weighted by Crippen LogP contribution is -2.45. The van der Waals surface area contributed by atoms with Crippen LogP contribution in [-0.4, -0.2) is 213 Å². The molecule has 14 atom stereocenters. The number of rotatable bonds is 23. The van der Waals surface area contributed by atoms with Crippen molar-refractivity contribution in [2.75, 3.05) is 43.7 Å². The van der Waals surface area contributed by atoms with Crippen molar-refractivity contribution >= 4 is 60.5 Å². The van der Waals surface area contributed by atoms with Crippen LogP contribution in [0.2, 0.25) is 5.28 Å². The van der Waals surface area contributed by atoms with Gasteiger partial charge in [-0.05, 0) is 67.9 Å². The maximum absolute atomic E-state index is 12.7. The number of aliphatic hydroxyl groups is 6. The molecule has 5 aliphatic rings. The zero-order valence-electron chi connectivity index (χ0n) is 43.6. The van der Waals surface area contributed by atoms with Crippen molar-refractivity contribution in [2.45, 2.75) is 136 Å². The van der Waals surface area contributed by atoms with Gasteiger partial charge in [0.05, 0.1) is 62.6 Å². The van der Waals surface area contributed by atoms with Crippen molar-refractivity contribution in [1.29, 1.82) is 0 Å². The van der Waals surface area contributed by atoms with E-state index in [-0.39, 0.29) is 63.9 Å². The number of aromatic nitrogens is 14. The van der Waals surface area contributed by atoms with Crippen molar-refractivity contribution in [3.63, 3.8) is 0 Å². The summed E-state index contributed by atoms with van der Waals surface area (Å²) in [4.78, 5) is 72.7. The molecule has 0 spiro atoms. The Bertz CT molecular complexity index is 3500. The van der Waals surface area contributed by atoms with Gasteiger partial charge in [0.1, 0.15) is 54.9 Å². The molecular formula is C45H59ClN16O19P2. The number of anilines is 2. The lowest BCUT2D eigenvalue weighted by Gasteiger charge is -2.33. The van der Waals surface area contributed by atoms with Crippen LogP contribution in [0.1, 0.15) is 81.3 Å². The van der Waals surface area contributed by atoms with Crippen LogP contribution in [0, 0.1) is 29.6 Å². The van der Waals surface area contributed by atoms with E-state index in [9.17, 15) is 64.1 Å². The Labute approximate surface area is 472 Å². The topological polar surface area (TPSA) is 507 Å². The van der Waals surface area contributed by atoms with E-state index in [1.807, 2.05) is 0 Å². The fourth-order valence-corrected chi connectivity index (χ4v) is 12.7. The third-order valence-corrected chi connectivity index (χ3v) is 18.9. The Morgan fingerprint density at radius 2 is 1.40 bits per heavy atom. The van der Waals surface area contributed by atoms with Gasteiger partial charge in [-0.1, -0.05) is 29.1 Å². The van der Waals surface area contributed by atoms with Gasteiger partial charge in [-0.2, -0.15) is 25.4 Å². The van der Waals surface area contributed by atoms with Gasteiger partial charge in [-0.15, -0.1) is 10.2 Å². The van der Waals surface area contributed by atoms with Gasteiger partial charge in [0.15, 0.2) is 40.7 Å². The first kappa shape index (κ1) is 59.2. The highest BCUT2D eigenvalue weighted by Gasteiger charge is 2.54. The second kappa shape index (κ2) is 23.7. The van der Waals surface area contributed by atoms with Crippen molar-refractivity contribution in [2.24, 2.45) is 17.8 Å². The van der Waals surface area contributed by atoms with Gasteiger partial charge >= 0.3 is 20.9 Å². The summed E-state index contributed by atoms with van der Waals surface area (Å²) in [5.74, 6) is 6.93. The zero-order valence-corrected chi connectivity index (χ0v) is 46.1. The Balaban J connectivity index is 0.740. The molecule has 0 aromatic carbocycles. The van der Waals surface area contributed by atoms with Gasteiger partial charge < -0.3 is 84.5 Å². The van der Waals surface area contributed by atoms with Crippen molar-refractivity contribution in [1.82, 2.24) is 70.3 Å². The third kappa shape index (κ3) is 12.0. The number of halogens is 1. The molecule has 5 unspecified atom stereocenters. The number of hydrogen-bond acceptors (Lipinski definition) is 27. The van der Waals surface area contributed by atoms with Crippen LogP contribution in [-0.2, 0) is 45.8 Å². The molecule has 11 rings (SSSR count). The molecule has 0 radical (unpaired) electrons. The number of fused-ring (bicyclic) bond motifs is 2. The minimum absolute atomic E-state index is 0.0218. The van der Waals surface area contributed by atoms with Crippen molar-refractivity contribution < 1.29 is 87.6 Å². The van der Waals surface area contributed by atoms with Crippen LogP contribution in [0.5, 0.6) is 0 Å². The number of hydrogen-bond donors (Lipinski definition) is 14. The van der Waals surface area contributed by atoms with E-state index in [4.69, 9.17) is 45.3 Å². The molecule has 2 saturated heterocycles. The second-order valence-electron chi connectivity index (χ2n) is 21.3. The normalized spacial score (nSPS) is 29.1. The average Bonchev–Trinajstić information content (AvgIpc) is 2.92. The molecule has 5 fully saturated rings. The number of tetrazole rings is 1. The number of aromatic amines is 2. The Kier molecular flexibility index (Phi) is 16.9. The molecule has 83 heavy (non-hydrogen) atoms. The first-order valence-corrected chi connectivity index (χ1v) is 30.0. The number of H-pyrrole nitrogens is 2. The third-order valence-electron chi connectivity index (χ3n) is 15.8. The first-order chi connectivity index (χ1) is 39.7. The van der Waals surface area contributed by atoms with Crippen LogP contribution >= 0.6 is 26.8 Å². The molecule has 3 saturated carbocycles. The number of nitrogens with zero attached hydrogens (tertiary/aromatic N) is 12. The Morgan fingerprint density at radius 1 is 0.783 bits per heavy atom. The summed E-state index contributed by atoms with van der Waals surface area (Å²) < 4.78 is 60.5. The molecule has 3 aliphatic carbocycles. The average molecular weight is 1230 g/mol. The van der Waals surface area contributed by atoms with E-state index < -0.39 is 127 Å². The van der Waals surface area contributed by atoms with Crippen LogP contribution in [0.25, 0.3) is 22.1 Å². The van der Waals surface area contributed by atoms with E-state index in [1.165, 1.54) is 21.8 Å². The maximum Gasteiger partial charge on any atom is 0.438 e. The lowest BCUT2D eigenvalue weighted by atomic mass is 10.0. The summed E-state index contributed by atoms with van der Waals surface area (Å²) in [7, 11) is -10.5. The van der Waals surface area contributed by atoms with E-state index in [2.05, 4.69) is 77.9 Å². The summed E-state index contributed by atoms with van der Waals surface area (Å²) in [5, 5.41) is 92.8. The Hall–Kier alpha value is -5.58. The molecule has 450 valence electrons. The van der Waals surface area contributed by atoms with Crippen LogP contribution in [0.15, 0.2) is 21.7 Å². The molecule has 0 amide bonds. The number of ether oxygens (including phenoxy) is 5. The summed E-state index contributed by atoms with van der Waals surface area (Å²) in [6, 6.07) is 0.0654. The highest BCUT2D eigenvalue weighted by Crippen LogP contribution is 2.54. The van der Waals surface area contributed by atoms with Gasteiger partial charge in [0.2, 0.25) is 16.5 Å². The maximum atomic E-state index is 12.7. The molecule has 35 nitrogen and oxygen atoms in total. The summed E-state index contributed by atoms with van der Waals surface area (Å²) >= 11 is 6.46. The van der Waals surface area contributed by atoms with Crippen LogP contribution in [0.3, 0.4) is 0 Å². The molecule has 38 heteroatoms. The van der Waals surface area contributed by atoms with Crippen molar-refractivity contribution in [3.05, 3.63) is 45.7 Å². The molecule has 2 aliphatic heterocycles. The SMILES string of the molecule is O=c1[nH]c(COCC(CO)(OC[C@H]2O[C@@H](n3ncc4c(NC5CCC(C6CC6C#Cc6nc(NC7CCCC7)c7cnn([C@@H]8O[C@H](CO[C@](CO)(Cc9nn[nH]n9)P(=O)(O)O)[C@@H](O)[C@H]8O)c7n6)C5)nc(Cl)nc43)[C@H](O)[C@@H]2O)P(=O)(O)O)no1. The first-order valence-electron chi connectivity index (χ1n) is 26.4. The molecule has 6 aromatic rings. The molecule has 0 bridgehead atoms. The van der Waals surface area contributed by atoms with Gasteiger partial charge in [0.25, 0.3) is 0 Å². The second-order valence-corrected chi connectivity index (χ2v) is 25.4. The fourth-order valence-electron chi connectivity index (χ4n) is 11.1. The zero-order chi connectivity index (χ0) is 58.6. The molecular weight excluding hydrogens is 1170 g/mol. The van der Waals surface area contributed by atoms with E-state index in [0.717, 1.165) is 51.4 Å². The van der Waals surface area contributed by atoms with E-state index in [1.54, 1.807) is 0 Å². The molecule has 14 N–H and O–H groups in total. The summed E-state index contributed by atoms with van der Waals surface area (Å²) in [6.45, 7) is -5.20. The highest BCUT2D eigenvalue weighted by molar-refractivity contribution is 7.53. The molecule has 6 aromatic heterocycles. The smallest absolute Gasteiger partial charge is 0.393 e. The van der Waals surface area contributed by atoms with Crippen molar-refractivity contribution in [3.8, 4) is 11.8 Å². The van der Waals surface area contributed by atoms with E-state index >= 15 is 0 Å². The van der Waals surface area contributed by atoms with Gasteiger partial charge in [-0.25, -0.2) is 24.1 Å². The predicted molar refractivity (Wildman–Crippen MR) is 277 cm³/mol. The van der Waals surface area contributed by atoms with Gasteiger partial charge in [0, 0.05) is 18.0 Å². The predicted octanol–water partition coefficient (Wildman–Crippen LogP) is -2.10. The minimum atomic E-state index is -5.31. The highest BCUT2D eigenvalue weighted by atomic mass is 35.5. The van der Waals surface area contributed by atoms with Gasteiger partial charge in [-0.3, -0.25) is 18.6 Å². The quantitative estimate of drug-likeness (QED) is 0.0186. The largest absolute Gasteiger partial charge is 0.438 e. The van der Waals surface area contributed by atoms with Crippen LogP contribution in [0.4, 0.5) is 11.6 Å². The van der Waals surface area contributed by atoms with E-state index in [0.29, 0.717) is 22.4 Å². The monoisotopic (exact) mass is 1220 g/mol. The summed E-state index contributed by atoms with van der Waals surface area (Å²) in [5.41, 5.74) is 0.362. The fraction of sp³-hybridized carbons (Fsp3) is 0.667. The standard InChI is InChI=1S/C45H59ClN16O19P2/c46-42-54-37(26-13-48-62(39(26)55-42)41-35(68)33(66)28(80-41)15-78-45(18-64,83(73,74)75)19-76-16-31-53-43(69)81-58-31)50-23-7-5-20(9-23)24-10-21(24)6-8-29-51-36(49-22-3-1-2-4-22)25-12-47-61(38(25)52-29)40-34(67)32(65)27(79-40)14-77-44(17-63,82(70,71)72)11-30-56-59-60-57-30/h12-13,20-24,27-28,32-35,40-41,63-68H,1-5,7,9-11,14-19H2,(H,49,51,52)(H,50,54,55)(H,53,58,69)(H2,70,71,72)(H2,73,74,75)(H,56,57,59,60)/t20?,21?,23?,24?,27-,28-,32-,33-,34-,35-,40-,41-,44-,45?/m1/s1. The number of nitrogens with one attached hydrogen (secondary N) is 4. The molecule has 8 heterocycles. The minimum Gasteiger partial charge on any atom is -0.393 e.